The van der Waals surface area contributed by atoms with Crippen molar-refractivity contribution in [1.29, 1.82) is 5.26 Å². The van der Waals surface area contributed by atoms with E-state index in [-0.39, 0.29) is 29.2 Å². The minimum Gasteiger partial charge on any atom is -0.396 e. The van der Waals surface area contributed by atoms with Crippen molar-refractivity contribution in [1.82, 2.24) is 9.71 Å². The quantitative estimate of drug-likeness (QED) is 0.782. The number of hydrogen-bond donors (Lipinski definition) is 2. The van der Waals surface area contributed by atoms with E-state index in [1.54, 1.807) is 0 Å². The van der Waals surface area contributed by atoms with Gasteiger partial charge in [0.05, 0.1) is 0 Å². The Bertz CT molecular complexity index is 574. The molecule has 0 bridgehead atoms. The Labute approximate surface area is 119 Å². The molecule has 0 aliphatic heterocycles. The highest BCUT2D eigenvalue weighted by Gasteiger charge is 2.22. The fraction of sp³-hybridized carbons (Fsp3) is 0.538. The maximum absolute atomic E-state index is 12.1. The summed E-state index contributed by atoms with van der Waals surface area (Å²) in [6.07, 6.45) is 2.52. The normalized spacial score (nSPS) is 12.1. The van der Waals surface area contributed by atoms with Crippen LogP contribution in [0.25, 0.3) is 0 Å². The maximum atomic E-state index is 12.1. The van der Waals surface area contributed by atoms with E-state index in [1.807, 2.05) is 19.9 Å². The number of aromatic nitrogens is 1. The molecule has 0 fully saturated rings. The smallest absolute Gasteiger partial charge is 0.242 e. The van der Waals surface area contributed by atoms with Gasteiger partial charge in [-0.2, -0.15) is 5.26 Å². The number of sulfonamides is 1. The van der Waals surface area contributed by atoms with E-state index in [1.165, 1.54) is 18.3 Å². The van der Waals surface area contributed by atoms with Crippen molar-refractivity contribution in [3.63, 3.8) is 0 Å². The Morgan fingerprint density at radius 1 is 1.45 bits per heavy atom. The monoisotopic (exact) mass is 297 g/mol. The third-order valence-electron chi connectivity index (χ3n) is 2.91. The van der Waals surface area contributed by atoms with E-state index in [0.29, 0.717) is 6.42 Å². The number of nitriles is 1. The van der Waals surface area contributed by atoms with Crippen molar-refractivity contribution in [2.24, 2.45) is 5.41 Å². The topological polar surface area (TPSA) is 103 Å². The molecule has 0 saturated heterocycles. The Balaban J connectivity index is 2.72. The highest BCUT2D eigenvalue weighted by atomic mass is 32.2. The first kappa shape index (κ1) is 16.6. The molecule has 1 aromatic rings. The zero-order valence-electron chi connectivity index (χ0n) is 11.6. The second kappa shape index (κ2) is 6.79. The highest BCUT2D eigenvalue weighted by molar-refractivity contribution is 7.89. The van der Waals surface area contributed by atoms with Crippen LogP contribution in [0.2, 0.25) is 0 Å². The van der Waals surface area contributed by atoms with Gasteiger partial charge in [0, 0.05) is 19.3 Å². The predicted octanol–water partition coefficient (Wildman–Crippen LogP) is 1.03. The average molecular weight is 297 g/mol. The van der Waals surface area contributed by atoms with Gasteiger partial charge in [-0.15, -0.1) is 0 Å². The minimum atomic E-state index is -3.63. The number of nitrogens with zero attached hydrogens (tertiary/aromatic N) is 2. The van der Waals surface area contributed by atoms with Crippen LogP contribution in [0.15, 0.2) is 23.2 Å². The van der Waals surface area contributed by atoms with Gasteiger partial charge in [0.25, 0.3) is 0 Å². The number of pyridine rings is 1. The van der Waals surface area contributed by atoms with Gasteiger partial charge in [-0.25, -0.2) is 18.1 Å². The predicted molar refractivity (Wildman–Crippen MR) is 74.2 cm³/mol. The molecule has 1 heterocycles. The molecule has 0 atom stereocenters. The van der Waals surface area contributed by atoms with E-state index in [2.05, 4.69) is 9.71 Å². The molecule has 6 nitrogen and oxygen atoms in total. The van der Waals surface area contributed by atoms with Gasteiger partial charge in [0.15, 0.2) is 0 Å². The number of aliphatic hydroxyl groups is 1. The summed E-state index contributed by atoms with van der Waals surface area (Å²) in [7, 11) is -3.63. The first-order valence-corrected chi connectivity index (χ1v) is 7.76. The lowest BCUT2D eigenvalue weighted by Crippen LogP contribution is -2.34. The average Bonchev–Trinajstić information content (AvgIpc) is 2.43. The third kappa shape index (κ3) is 4.89. The summed E-state index contributed by atoms with van der Waals surface area (Å²) in [6.45, 7) is 4.23. The van der Waals surface area contributed by atoms with Gasteiger partial charge in [-0.3, -0.25) is 0 Å². The summed E-state index contributed by atoms with van der Waals surface area (Å²) < 4.78 is 26.7. The summed E-state index contributed by atoms with van der Waals surface area (Å²) in [5.74, 6) is 0. The molecule has 110 valence electrons. The van der Waals surface area contributed by atoms with Crippen molar-refractivity contribution in [3.05, 3.63) is 24.0 Å². The number of hydrogen-bond acceptors (Lipinski definition) is 5. The van der Waals surface area contributed by atoms with Crippen LogP contribution >= 0.6 is 0 Å². The Kier molecular flexibility index (Phi) is 5.62. The van der Waals surface area contributed by atoms with E-state index in [0.717, 1.165) is 6.42 Å². The fourth-order valence-corrected chi connectivity index (χ4v) is 2.81. The summed E-state index contributed by atoms with van der Waals surface area (Å²) in [5, 5.41) is 17.4. The first-order valence-electron chi connectivity index (χ1n) is 6.27. The molecule has 7 heteroatoms. The molecule has 2 N–H and O–H groups in total. The van der Waals surface area contributed by atoms with Crippen LogP contribution in [0, 0.1) is 16.7 Å². The van der Waals surface area contributed by atoms with Gasteiger partial charge >= 0.3 is 0 Å². The van der Waals surface area contributed by atoms with Crippen molar-refractivity contribution < 1.29 is 13.5 Å². The molecular weight excluding hydrogens is 278 g/mol. The Hall–Kier alpha value is -1.49. The molecule has 0 radical (unpaired) electrons. The lowest BCUT2D eigenvalue weighted by Gasteiger charge is -2.24. The van der Waals surface area contributed by atoms with Crippen molar-refractivity contribution in [2.75, 3.05) is 13.2 Å². The van der Waals surface area contributed by atoms with Crippen molar-refractivity contribution >= 4 is 10.0 Å². The lowest BCUT2D eigenvalue weighted by molar-refractivity contribution is 0.242. The van der Waals surface area contributed by atoms with Crippen LogP contribution in [-0.2, 0) is 10.0 Å². The maximum Gasteiger partial charge on any atom is 0.242 e. The SMILES string of the molecule is CC(C)(CCCO)CNS(=O)(=O)c1ccc(C#N)nc1. The molecule has 20 heavy (non-hydrogen) atoms. The molecule has 1 aromatic heterocycles. The Morgan fingerprint density at radius 3 is 2.65 bits per heavy atom. The summed E-state index contributed by atoms with van der Waals surface area (Å²) in [6, 6.07) is 4.56. The van der Waals surface area contributed by atoms with Crippen LogP contribution in [0.5, 0.6) is 0 Å². The van der Waals surface area contributed by atoms with Gasteiger partial charge in [-0.1, -0.05) is 13.8 Å². The van der Waals surface area contributed by atoms with E-state index in [9.17, 15) is 8.42 Å². The van der Waals surface area contributed by atoms with Crippen LogP contribution in [0.1, 0.15) is 32.4 Å². The summed E-state index contributed by atoms with van der Waals surface area (Å²) in [4.78, 5) is 3.78. The van der Waals surface area contributed by atoms with E-state index in [4.69, 9.17) is 10.4 Å². The molecule has 0 amide bonds. The van der Waals surface area contributed by atoms with E-state index >= 15 is 0 Å². The number of rotatable bonds is 7. The van der Waals surface area contributed by atoms with Gasteiger partial charge in [-0.05, 0) is 30.4 Å². The molecule has 0 saturated carbocycles. The van der Waals surface area contributed by atoms with Gasteiger partial charge in [0.2, 0.25) is 10.0 Å². The molecule has 0 unspecified atom stereocenters. The molecule has 1 rings (SSSR count). The largest absolute Gasteiger partial charge is 0.396 e. The first-order chi connectivity index (χ1) is 9.30. The number of aliphatic hydroxyl groups excluding tert-OH is 1. The summed E-state index contributed by atoms with van der Waals surface area (Å²) in [5.41, 5.74) is -0.0669. The van der Waals surface area contributed by atoms with Crippen molar-refractivity contribution in [3.8, 4) is 6.07 Å². The van der Waals surface area contributed by atoms with Crippen molar-refractivity contribution in [2.45, 2.75) is 31.6 Å². The number of nitrogens with one attached hydrogen (secondary N) is 1. The van der Waals surface area contributed by atoms with Crippen LogP contribution in [0.4, 0.5) is 0 Å². The fourth-order valence-electron chi connectivity index (χ4n) is 1.63. The zero-order valence-corrected chi connectivity index (χ0v) is 12.4. The second-order valence-corrected chi connectivity index (χ2v) is 7.07. The minimum absolute atomic E-state index is 0.0365. The standard InChI is InChI=1S/C13H19N3O3S/c1-13(2,6-3-7-17)10-16-20(18,19)12-5-4-11(8-14)15-9-12/h4-5,9,16-17H,3,6-7,10H2,1-2H3. The van der Waals surface area contributed by atoms with Crippen LogP contribution in [0.3, 0.4) is 0 Å². The lowest BCUT2D eigenvalue weighted by atomic mass is 9.88. The van der Waals surface area contributed by atoms with Gasteiger partial charge < -0.3 is 5.11 Å². The molecule has 0 aromatic carbocycles. The van der Waals surface area contributed by atoms with Crippen LogP contribution in [-0.4, -0.2) is 31.7 Å². The molecule has 0 aliphatic carbocycles. The van der Waals surface area contributed by atoms with E-state index < -0.39 is 10.0 Å². The molecular formula is C13H19N3O3S. The molecule has 0 aliphatic rings. The van der Waals surface area contributed by atoms with Crippen LogP contribution < -0.4 is 4.72 Å². The summed E-state index contributed by atoms with van der Waals surface area (Å²) >= 11 is 0. The Morgan fingerprint density at radius 2 is 2.15 bits per heavy atom. The third-order valence-corrected chi connectivity index (χ3v) is 4.30. The molecule has 0 spiro atoms. The second-order valence-electron chi connectivity index (χ2n) is 5.31. The van der Waals surface area contributed by atoms with Gasteiger partial charge in [0.1, 0.15) is 16.7 Å². The zero-order chi connectivity index (χ0) is 15.2. The highest BCUT2D eigenvalue weighted by Crippen LogP contribution is 2.21.